The van der Waals surface area contributed by atoms with Crippen molar-refractivity contribution in [2.24, 2.45) is 0 Å². The summed E-state index contributed by atoms with van der Waals surface area (Å²) in [4.78, 5) is 25.4. The minimum atomic E-state index is -1.82. The van der Waals surface area contributed by atoms with Crippen molar-refractivity contribution in [2.45, 2.75) is 44.8 Å². The van der Waals surface area contributed by atoms with Crippen LogP contribution < -0.4 is 9.47 Å². The molecule has 0 saturated carbocycles. The van der Waals surface area contributed by atoms with Gasteiger partial charge in [-0.25, -0.2) is 9.59 Å². The SMILES string of the molecule is COc1cccc2sc(C3CCN(C[C@H](O)COc4cccc5[nH]c(C)cc45)C(C)C3)cc12.O=C(O)C(=O)O. The van der Waals surface area contributed by atoms with Crippen molar-refractivity contribution in [3.05, 3.63) is 59.1 Å². The highest BCUT2D eigenvalue weighted by molar-refractivity contribution is 7.19. The molecule has 208 valence electrons. The number of thiophene rings is 1. The largest absolute Gasteiger partial charge is 0.496 e. The van der Waals surface area contributed by atoms with Crippen LogP contribution in [0.15, 0.2) is 48.5 Å². The molecule has 1 aliphatic heterocycles. The Labute approximate surface area is 230 Å². The van der Waals surface area contributed by atoms with Gasteiger partial charge in [-0.1, -0.05) is 12.1 Å². The summed E-state index contributed by atoms with van der Waals surface area (Å²) in [6.45, 7) is 6.24. The van der Waals surface area contributed by atoms with Crippen LogP contribution in [0, 0.1) is 6.92 Å². The van der Waals surface area contributed by atoms with Gasteiger partial charge in [0.05, 0.1) is 7.11 Å². The van der Waals surface area contributed by atoms with Crippen LogP contribution in [0.5, 0.6) is 11.5 Å². The van der Waals surface area contributed by atoms with Crippen LogP contribution in [0.2, 0.25) is 0 Å². The van der Waals surface area contributed by atoms with Crippen molar-refractivity contribution in [3.63, 3.8) is 0 Å². The lowest BCUT2D eigenvalue weighted by Crippen LogP contribution is -2.45. The predicted molar refractivity (Wildman–Crippen MR) is 151 cm³/mol. The molecule has 0 spiro atoms. The van der Waals surface area contributed by atoms with Gasteiger partial charge in [0, 0.05) is 44.1 Å². The molecule has 3 heterocycles. The summed E-state index contributed by atoms with van der Waals surface area (Å²) in [6.07, 6.45) is 1.69. The van der Waals surface area contributed by atoms with E-state index in [-0.39, 0.29) is 0 Å². The van der Waals surface area contributed by atoms with Gasteiger partial charge in [0.15, 0.2) is 0 Å². The predicted octanol–water partition coefficient (Wildman–Crippen LogP) is 4.86. The molecule has 1 aliphatic rings. The number of likely N-dealkylation sites (tertiary alicyclic amines) is 1. The van der Waals surface area contributed by atoms with Crippen molar-refractivity contribution in [2.75, 3.05) is 26.8 Å². The first kappa shape index (κ1) is 28.4. The highest BCUT2D eigenvalue weighted by atomic mass is 32.1. The van der Waals surface area contributed by atoms with E-state index in [0.29, 0.717) is 25.1 Å². The smallest absolute Gasteiger partial charge is 0.414 e. The van der Waals surface area contributed by atoms with Gasteiger partial charge in [0.25, 0.3) is 0 Å². The van der Waals surface area contributed by atoms with Crippen molar-refractivity contribution < 1.29 is 34.4 Å². The van der Waals surface area contributed by atoms with Gasteiger partial charge >= 0.3 is 11.9 Å². The molecule has 0 bridgehead atoms. The molecule has 1 fully saturated rings. The third-order valence-electron chi connectivity index (χ3n) is 6.99. The number of piperidine rings is 1. The number of aliphatic carboxylic acids is 2. The number of benzene rings is 2. The first-order valence-corrected chi connectivity index (χ1v) is 13.6. The summed E-state index contributed by atoms with van der Waals surface area (Å²) in [6, 6.07) is 17.1. The van der Waals surface area contributed by atoms with Crippen LogP contribution in [-0.4, -0.2) is 76.1 Å². The average Bonchev–Trinajstić information content (AvgIpc) is 3.52. The van der Waals surface area contributed by atoms with Crippen molar-refractivity contribution in [1.29, 1.82) is 0 Å². The molecule has 4 aromatic rings. The lowest BCUT2D eigenvalue weighted by molar-refractivity contribution is -0.159. The Morgan fingerprint density at radius 1 is 1.10 bits per heavy atom. The Morgan fingerprint density at radius 2 is 1.82 bits per heavy atom. The molecule has 2 aromatic heterocycles. The fourth-order valence-corrected chi connectivity index (χ4v) is 6.31. The van der Waals surface area contributed by atoms with Gasteiger partial charge in [-0.2, -0.15) is 0 Å². The number of carboxylic acids is 2. The Morgan fingerprint density at radius 3 is 2.51 bits per heavy atom. The van der Waals surface area contributed by atoms with Crippen LogP contribution in [0.25, 0.3) is 21.0 Å². The standard InChI is InChI=1S/C27H32N2O3S.C2H2O4/c1-17-12-21-23(28-17)6-4-8-25(21)32-16-20(30)15-29-11-10-19(13-18(29)2)27-14-22-24(31-3)7-5-9-26(22)33-27;3-1(4)2(5)6/h4-9,12,14,18-20,28,30H,10-11,13,15-16H2,1-3H3;(H,3,4)(H,5,6)/t18?,19?,20-;/m0./s1. The van der Waals surface area contributed by atoms with Gasteiger partial charge in [-0.05, 0) is 75.5 Å². The second-order valence-corrected chi connectivity index (χ2v) is 10.9. The second-order valence-electron chi connectivity index (χ2n) is 9.83. The number of aromatic nitrogens is 1. The van der Waals surface area contributed by atoms with Crippen LogP contribution in [-0.2, 0) is 9.59 Å². The van der Waals surface area contributed by atoms with Gasteiger partial charge in [-0.15, -0.1) is 11.3 Å². The van der Waals surface area contributed by atoms with Gasteiger partial charge < -0.3 is 29.8 Å². The number of aliphatic hydroxyl groups excluding tert-OH is 1. The van der Waals surface area contributed by atoms with Crippen LogP contribution >= 0.6 is 11.3 Å². The second kappa shape index (κ2) is 12.5. The number of hydrogen-bond acceptors (Lipinski definition) is 7. The van der Waals surface area contributed by atoms with E-state index in [1.807, 2.05) is 42.5 Å². The summed E-state index contributed by atoms with van der Waals surface area (Å²) in [5.74, 6) is -1.32. The van der Waals surface area contributed by atoms with E-state index in [1.54, 1.807) is 7.11 Å². The zero-order valence-corrected chi connectivity index (χ0v) is 23.0. The lowest BCUT2D eigenvalue weighted by Gasteiger charge is -2.38. The van der Waals surface area contributed by atoms with E-state index in [4.69, 9.17) is 29.3 Å². The molecule has 0 aliphatic carbocycles. The number of ether oxygens (including phenoxy) is 2. The van der Waals surface area contributed by atoms with E-state index in [9.17, 15) is 5.11 Å². The molecule has 0 radical (unpaired) electrons. The summed E-state index contributed by atoms with van der Waals surface area (Å²) in [7, 11) is 1.74. The first-order valence-electron chi connectivity index (χ1n) is 12.8. The Balaban J connectivity index is 0.000000531. The van der Waals surface area contributed by atoms with Crippen LogP contribution in [0.1, 0.15) is 36.3 Å². The number of carboxylic acid groups (broad SMARTS) is 2. The zero-order valence-electron chi connectivity index (χ0n) is 22.2. The zero-order chi connectivity index (χ0) is 28.1. The number of methoxy groups -OCH3 is 1. The van der Waals surface area contributed by atoms with Crippen molar-refractivity contribution in [1.82, 2.24) is 9.88 Å². The number of H-pyrrole nitrogens is 1. The quantitative estimate of drug-likeness (QED) is 0.238. The van der Waals surface area contributed by atoms with E-state index in [2.05, 4.69) is 41.1 Å². The molecule has 3 atom stereocenters. The van der Waals surface area contributed by atoms with Gasteiger partial charge in [-0.3, -0.25) is 4.90 Å². The fourth-order valence-electron chi connectivity index (χ4n) is 5.09. The minimum Gasteiger partial charge on any atom is -0.496 e. The topological polar surface area (TPSA) is 132 Å². The molecule has 1 saturated heterocycles. The molecule has 0 amide bonds. The summed E-state index contributed by atoms with van der Waals surface area (Å²) in [5, 5.41) is 27.8. The number of rotatable bonds is 7. The Hall–Kier alpha value is -3.60. The molecule has 5 rings (SSSR count). The fraction of sp³-hybridized carbons (Fsp3) is 0.379. The van der Waals surface area contributed by atoms with E-state index >= 15 is 0 Å². The molecular formula is C29H34N2O7S. The van der Waals surface area contributed by atoms with E-state index < -0.39 is 18.0 Å². The molecule has 9 nitrogen and oxygen atoms in total. The highest BCUT2D eigenvalue weighted by Gasteiger charge is 2.29. The molecule has 10 heteroatoms. The van der Waals surface area contributed by atoms with Crippen molar-refractivity contribution >= 4 is 44.3 Å². The summed E-state index contributed by atoms with van der Waals surface area (Å²) < 4.78 is 12.8. The Kier molecular flexibility index (Phi) is 9.11. The molecule has 39 heavy (non-hydrogen) atoms. The Bertz CT molecular complexity index is 1430. The minimum absolute atomic E-state index is 0.298. The monoisotopic (exact) mass is 554 g/mol. The molecule has 2 aromatic carbocycles. The third-order valence-corrected chi connectivity index (χ3v) is 8.26. The number of nitrogens with one attached hydrogen (secondary N) is 1. The summed E-state index contributed by atoms with van der Waals surface area (Å²) in [5.41, 5.74) is 2.17. The number of fused-ring (bicyclic) bond motifs is 2. The number of aryl methyl sites for hydroxylation is 1. The normalized spacial score (nSPS) is 18.4. The highest BCUT2D eigenvalue weighted by Crippen LogP contribution is 2.40. The maximum absolute atomic E-state index is 10.7. The van der Waals surface area contributed by atoms with Gasteiger partial charge in [0.1, 0.15) is 24.2 Å². The number of aliphatic hydroxyl groups is 1. The summed E-state index contributed by atoms with van der Waals surface area (Å²) >= 11 is 1.89. The van der Waals surface area contributed by atoms with E-state index in [0.717, 1.165) is 47.5 Å². The van der Waals surface area contributed by atoms with Crippen LogP contribution in [0.4, 0.5) is 0 Å². The lowest BCUT2D eigenvalue weighted by atomic mass is 9.90. The maximum Gasteiger partial charge on any atom is 0.414 e. The molecular weight excluding hydrogens is 520 g/mol. The van der Waals surface area contributed by atoms with Crippen molar-refractivity contribution in [3.8, 4) is 11.5 Å². The first-order chi connectivity index (χ1) is 18.7. The van der Waals surface area contributed by atoms with E-state index in [1.165, 1.54) is 15.0 Å². The van der Waals surface area contributed by atoms with Crippen LogP contribution in [0.3, 0.4) is 0 Å². The maximum atomic E-state index is 10.7. The number of nitrogens with zero attached hydrogens (tertiary/aromatic N) is 1. The number of β-amino-alcohol motifs (C(OH)–C–C–N with tert-alkyl or cyclic N) is 1. The van der Waals surface area contributed by atoms with Gasteiger partial charge in [0.2, 0.25) is 0 Å². The number of hydrogen-bond donors (Lipinski definition) is 4. The molecule has 4 N–H and O–H groups in total. The third kappa shape index (κ3) is 6.89. The average molecular weight is 555 g/mol. The molecule has 2 unspecified atom stereocenters. The number of aromatic amines is 1. The number of carbonyl (C=O) groups is 2.